The first-order valence-electron chi connectivity index (χ1n) is 7.25. The zero-order chi connectivity index (χ0) is 19.3. The first kappa shape index (κ1) is 20.0. The quantitative estimate of drug-likeness (QED) is 0.365. The number of hydrogen-bond donors (Lipinski definition) is 3. The number of para-hydroxylation sites is 2. The van der Waals surface area contributed by atoms with Crippen molar-refractivity contribution in [2.75, 3.05) is 5.32 Å². The van der Waals surface area contributed by atoms with Crippen molar-refractivity contribution in [2.24, 2.45) is 0 Å². The van der Waals surface area contributed by atoms with Gasteiger partial charge in [-0.15, -0.1) is 0 Å². The molecule has 0 spiro atoms. The summed E-state index contributed by atoms with van der Waals surface area (Å²) < 4.78 is 0. The second-order valence-corrected chi connectivity index (χ2v) is 6.44. The lowest BCUT2D eigenvalue weighted by atomic mass is 10.0. The van der Waals surface area contributed by atoms with Gasteiger partial charge in [0.1, 0.15) is 5.69 Å². The van der Waals surface area contributed by atoms with Gasteiger partial charge in [-0.25, -0.2) is 0 Å². The SMILES string of the molecule is O=C(S)N[C@@H](CC(=O)Nc1ccccc1[N+](=O)[O-])c1cc(Cl)ccc1Cl. The highest BCUT2D eigenvalue weighted by atomic mass is 35.5. The summed E-state index contributed by atoms with van der Waals surface area (Å²) in [6.07, 6.45) is -0.224. The van der Waals surface area contributed by atoms with Gasteiger partial charge in [-0.1, -0.05) is 48.0 Å². The molecule has 0 aliphatic heterocycles. The summed E-state index contributed by atoms with van der Waals surface area (Å²) in [6, 6.07) is 9.56. The van der Waals surface area contributed by atoms with Crippen molar-refractivity contribution in [3.63, 3.8) is 0 Å². The Hall–Kier alpha value is -2.29. The minimum atomic E-state index is -0.811. The molecule has 2 aromatic carbocycles. The Balaban J connectivity index is 2.23. The van der Waals surface area contributed by atoms with E-state index in [2.05, 4.69) is 23.3 Å². The van der Waals surface area contributed by atoms with Crippen LogP contribution in [0.4, 0.5) is 16.2 Å². The number of thiol groups is 1. The topological polar surface area (TPSA) is 101 Å². The van der Waals surface area contributed by atoms with Crippen LogP contribution >= 0.6 is 35.8 Å². The molecule has 0 fully saturated rings. The lowest BCUT2D eigenvalue weighted by Gasteiger charge is -2.19. The van der Waals surface area contributed by atoms with Crippen molar-refractivity contribution in [3.05, 3.63) is 68.2 Å². The van der Waals surface area contributed by atoms with Crippen LogP contribution in [0.25, 0.3) is 0 Å². The van der Waals surface area contributed by atoms with Gasteiger partial charge in [-0.05, 0) is 29.8 Å². The fourth-order valence-electron chi connectivity index (χ4n) is 2.29. The number of hydrogen-bond acceptors (Lipinski definition) is 4. The van der Waals surface area contributed by atoms with E-state index in [-0.39, 0.29) is 17.8 Å². The minimum absolute atomic E-state index is 0.0515. The average molecular weight is 414 g/mol. The molecule has 0 unspecified atom stereocenters. The van der Waals surface area contributed by atoms with Gasteiger partial charge in [0.05, 0.1) is 17.4 Å². The first-order chi connectivity index (χ1) is 12.3. The molecule has 0 aromatic heterocycles. The molecular weight excluding hydrogens is 401 g/mol. The normalized spacial score (nSPS) is 11.5. The number of halogens is 2. The van der Waals surface area contributed by atoms with Crippen molar-refractivity contribution in [1.29, 1.82) is 0 Å². The van der Waals surface area contributed by atoms with Crippen molar-refractivity contribution >= 4 is 58.4 Å². The van der Waals surface area contributed by atoms with Crippen LogP contribution in [0, 0.1) is 10.1 Å². The van der Waals surface area contributed by atoms with E-state index < -0.39 is 22.1 Å². The molecule has 0 heterocycles. The molecule has 2 rings (SSSR count). The van der Waals surface area contributed by atoms with Crippen LogP contribution in [-0.2, 0) is 4.79 Å². The van der Waals surface area contributed by atoms with E-state index in [1.807, 2.05) is 0 Å². The zero-order valence-corrected chi connectivity index (χ0v) is 15.5. The van der Waals surface area contributed by atoms with Crippen molar-refractivity contribution < 1.29 is 14.5 Å². The second kappa shape index (κ2) is 8.88. The molecular formula is C16H13Cl2N3O4S. The number of carbonyl (C=O) groups excluding carboxylic acids is 2. The van der Waals surface area contributed by atoms with E-state index in [1.165, 1.54) is 30.3 Å². The highest BCUT2D eigenvalue weighted by Crippen LogP contribution is 2.30. The predicted octanol–water partition coefficient (Wildman–Crippen LogP) is 4.61. The third-order valence-electron chi connectivity index (χ3n) is 3.40. The van der Waals surface area contributed by atoms with Crippen molar-refractivity contribution in [2.45, 2.75) is 12.5 Å². The second-order valence-electron chi connectivity index (χ2n) is 5.19. The number of anilines is 1. The van der Waals surface area contributed by atoms with E-state index in [0.29, 0.717) is 15.6 Å². The Kier molecular flexibility index (Phi) is 6.84. The first-order valence-corrected chi connectivity index (χ1v) is 8.46. The fourth-order valence-corrected chi connectivity index (χ4v) is 2.88. The summed E-state index contributed by atoms with van der Waals surface area (Å²) in [5, 5.41) is 16.0. The molecule has 136 valence electrons. The molecule has 2 aromatic rings. The van der Waals surface area contributed by atoms with E-state index in [0.717, 1.165) is 0 Å². The lowest BCUT2D eigenvalue weighted by Crippen LogP contribution is -2.28. The largest absolute Gasteiger partial charge is 0.340 e. The van der Waals surface area contributed by atoms with Crippen molar-refractivity contribution in [3.8, 4) is 0 Å². The standard InChI is InChI=1S/C16H13Cl2N3O4S/c17-9-5-6-11(18)10(7-9)13(20-16(23)26)8-15(22)19-12-3-1-2-4-14(12)21(24)25/h1-7,13H,8H2,(H,19,22)(H2,20,23,26)/t13-/m0/s1. The van der Waals surface area contributed by atoms with Crippen LogP contribution in [-0.4, -0.2) is 16.1 Å². The monoisotopic (exact) mass is 413 g/mol. The Bertz CT molecular complexity index is 863. The maximum Gasteiger partial charge on any atom is 0.292 e. The number of nitro benzene ring substituents is 1. The van der Waals surface area contributed by atoms with Crippen LogP contribution in [0.5, 0.6) is 0 Å². The zero-order valence-electron chi connectivity index (χ0n) is 13.1. The molecule has 10 heteroatoms. The van der Waals surface area contributed by atoms with Crippen LogP contribution in [0.1, 0.15) is 18.0 Å². The summed E-state index contributed by atoms with van der Waals surface area (Å²) in [5.41, 5.74) is 0.242. The number of amides is 2. The number of nitrogens with one attached hydrogen (secondary N) is 2. The van der Waals surface area contributed by atoms with Gasteiger partial charge in [0.2, 0.25) is 5.91 Å². The Morgan fingerprint density at radius 1 is 1.19 bits per heavy atom. The van der Waals surface area contributed by atoms with E-state index in [4.69, 9.17) is 23.2 Å². The molecule has 26 heavy (non-hydrogen) atoms. The van der Waals surface area contributed by atoms with Crippen LogP contribution in [0.2, 0.25) is 10.0 Å². The summed E-state index contributed by atoms with van der Waals surface area (Å²) in [4.78, 5) is 34.2. The summed E-state index contributed by atoms with van der Waals surface area (Å²) in [5.74, 6) is -0.553. The van der Waals surface area contributed by atoms with Crippen LogP contribution in [0.15, 0.2) is 42.5 Å². The minimum Gasteiger partial charge on any atom is -0.340 e. The number of rotatable bonds is 6. The Morgan fingerprint density at radius 2 is 1.88 bits per heavy atom. The highest BCUT2D eigenvalue weighted by Gasteiger charge is 2.22. The Morgan fingerprint density at radius 3 is 2.54 bits per heavy atom. The Labute approximate surface area is 164 Å². The fraction of sp³-hybridized carbons (Fsp3) is 0.125. The average Bonchev–Trinajstić information content (AvgIpc) is 2.56. The van der Waals surface area contributed by atoms with Gasteiger partial charge in [0.25, 0.3) is 10.9 Å². The molecule has 2 amide bonds. The molecule has 2 N–H and O–H groups in total. The van der Waals surface area contributed by atoms with E-state index in [1.54, 1.807) is 12.1 Å². The van der Waals surface area contributed by atoms with Crippen molar-refractivity contribution in [1.82, 2.24) is 5.32 Å². The van der Waals surface area contributed by atoms with Gasteiger partial charge >= 0.3 is 0 Å². The van der Waals surface area contributed by atoms with Gasteiger partial charge in [0, 0.05) is 16.1 Å². The summed E-state index contributed by atoms with van der Waals surface area (Å²) in [6.45, 7) is 0. The predicted molar refractivity (Wildman–Crippen MR) is 103 cm³/mol. The van der Waals surface area contributed by atoms with Gasteiger partial charge < -0.3 is 10.6 Å². The maximum atomic E-state index is 12.4. The third-order valence-corrected chi connectivity index (χ3v) is 4.10. The molecule has 0 saturated heterocycles. The molecule has 0 aliphatic rings. The summed E-state index contributed by atoms with van der Waals surface area (Å²) in [7, 11) is 0. The third kappa shape index (κ3) is 5.35. The molecule has 0 aliphatic carbocycles. The molecule has 0 bridgehead atoms. The number of carbonyl (C=O) groups is 2. The van der Waals surface area contributed by atoms with Gasteiger partial charge in [0.15, 0.2) is 0 Å². The molecule has 1 atom stereocenters. The molecule has 0 radical (unpaired) electrons. The van der Waals surface area contributed by atoms with Gasteiger partial charge in [-0.2, -0.15) is 0 Å². The number of nitro groups is 1. The highest BCUT2D eigenvalue weighted by molar-refractivity contribution is 7.96. The smallest absolute Gasteiger partial charge is 0.292 e. The van der Waals surface area contributed by atoms with Crippen LogP contribution < -0.4 is 10.6 Å². The summed E-state index contributed by atoms with van der Waals surface area (Å²) >= 11 is 15.7. The van der Waals surface area contributed by atoms with Gasteiger partial charge in [-0.3, -0.25) is 19.7 Å². The number of nitrogens with zero attached hydrogens (tertiary/aromatic N) is 1. The van der Waals surface area contributed by atoms with Crippen LogP contribution in [0.3, 0.4) is 0 Å². The van der Waals surface area contributed by atoms with E-state index in [9.17, 15) is 19.7 Å². The molecule has 7 nitrogen and oxygen atoms in total. The molecule has 0 saturated carbocycles. The maximum absolute atomic E-state index is 12.4. The number of benzene rings is 2. The lowest BCUT2D eigenvalue weighted by molar-refractivity contribution is -0.383. The van der Waals surface area contributed by atoms with E-state index >= 15 is 0 Å².